The van der Waals surface area contributed by atoms with E-state index in [4.69, 9.17) is 16.3 Å². The molecule has 2 aromatic carbocycles. The third-order valence-electron chi connectivity index (χ3n) is 5.24. The first-order valence-corrected chi connectivity index (χ1v) is 10.3. The third-order valence-corrected chi connectivity index (χ3v) is 5.49. The number of alkyl halides is 6. The predicted molar refractivity (Wildman–Crippen MR) is 111 cm³/mol. The standard InChI is InChI=1S/C23H15ClF6N2O2/c24-17-3-1-13(2-4-17)18-5-6-31-20-19(18)12-32(7-8-34-20)21(33)14-9-15(22(25,26)27)11-16(10-14)23(28,29)30/h1-6,9-11H,7-8,12H2. The van der Waals surface area contributed by atoms with Crippen LogP contribution < -0.4 is 4.74 Å². The molecule has 4 rings (SSSR count). The number of amides is 1. The molecule has 1 aromatic heterocycles. The molecule has 0 unspecified atom stereocenters. The molecule has 1 amide bonds. The van der Waals surface area contributed by atoms with Gasteiger partial charge in [-0.15, -0.1) is 0 Å². The van der Waals surface area contributed by atoms with Gasteiger partial charge in [-0.3, -0.25) is 4.79 Å². The maximum Gasteiger partial charge on any atom is 0.416 e. The van der Waals surface area contributed by atoms with E-state index in [0.29, 0.717) is 28.3 Å². The lowest BCUT2D eigenvalue weighted by Gasteiger charge is -2.22. The van der Waals surface area contributed by atoms with Gasteiger partial charge in [-0.05, 0) is 47.5 Å². The van der Waals surface area contributed by atoms with E-state index >= 15 is 0 Å². The van der Waals surface area contributed by atoms with Crippen molar-refractivity contribution >= 4 is 17.5 Å². The number of carbonyl (C=O) groups excluding carboxylic acids is 1. The molecule has 0 bridgehead atoms. The monoisotopic (exact) mass is 500 g/mol. The summed E-state index contributed by atoms with van der Waals surface area (Å²) in [5.41, 5.74) is -2.00. The Balaban J connectivity index is 1.74. The van der Waals surface area contributed by atoms with Crippen LogP contribution in [0.25, 0.3) is 11.1 Å². The molecule has 0 N–H and O–H groups in total. The molecule has 0 aliphatic carbocycles. The summed E-state index contributed by atoms with van der Waals surface area (Å²) in [6.07, 6.45) is -8.62. The lowest BCUT2D eigenvalue weighted by Crippen LogP contribution is -2.33. The zero-order valence-corrected chi connectivity index (χ0v) is 17.9. The first kappa shape index (κ1) is 23.9. The molecule has 0 fully saturated rings. The number of ether oxygens (including phenoxy) is 1. The number of rotatable bonds is 2. The molecule has 1 aliphatic heterocycles. The van der Waals surface area contributed by atoms with Gasteiger partial charge in [0.1, 0.15) is 6.61 Å². The molecule has 0 saturated heterocycles. The highest BCUT2D eigenvalue weighted by Gasteiger charge is 2.38. The van der Waals surface area contributed by atoms with E-state index in [0.717, 1.165) is 10.5 Å². The second-order valence-corrected chi connectivity index (χ2v) is 7.96. The summed E-state index contributed by atoms with van der Waals surface area (Å²) in [6.45, 7) is -0.231. The number of carbonyl (C=O) groups is 1. The number of aromatic nitrogens is 1. The van der Waals surface area contributed by atoms with Crippen LogP contribution in [0.15, 0.2) is 54.7 Å². The van der Waals surface area contributed by atoms with Crippen LogP contribution in [0.4, 0.5) is 26.3 Å². The molecule has 178 valence electrons. The summed E-state index contributed by atoms with van der Waals surface area (Å²) in [6, 6.07) is 9.29. The smallest absolute Gasteiger partial charge is 0.416 e. The largest absolute Gasteiger partial charge is 0.476 e. The van der Waals surface area contributed by atoms with Gasteiger partial charge in [0, 0.05) is 22.3 Å². The Bertz CT molecular complexity index is 1190. The normalized spacial score (nSPS) is 14.3. The van der Waals surface area contributed by atoms with Crippen molar-refractivity contribution in [2.45, 2.75) is 18.9 Å². The van der Waals surface area contributed by atoms with Crippen LogP contribution in [0.5, 0.6) is 5.88 Å². The summed E-state index contributed by atoms with van der Waals surface area (Å²) in [5, 5.41) is 0.502. The van der Waals surface area contributed by atoms with Crippen molar-refractivity contribution < 1.29 is 35.9 Å². The van der Waals surface area contributed by atoms with Gasteiger partial charge in [-0.1, -0.05) is 23.7 Å². The van der Waals surface area contributed by atoms with Gasteiger partial charge < -0.3 is 9.64 Å². The highest BCUT2D eigenvalue weighted by atomic mass is 35.5. The van der Waals surface area contributed by atoms with Crippen molar-refractivity contribution in [3.8, 4) is 17.0 Å². The number of halogens is 7. The zero-order chi connectivity index (χ0) is 24.7. The van der Waals surface area contributed by atoms with E-state index in [-0.39, 0.29) is 31.6 Å². The van der Waals surface area contributed by atoms with E-state index < -0.39 is 35.0 Å². The molecule has 0 atom stereocenters. The Morgan fingerprint density at radius 1 is 0.941 bits per heavy atom. The fourth-order valence-electron chi connectivity index (χ4n) is 3.61. The Labute approximate surface area is 194 Å². The molecule has 3 aromatic rings. The van der Waals surface area contributed by atoms with Crippen LogP contribution in [0.3, 0.4) is 0 Å². The highest BCUT2D eigenvalue weighted by molar-refractivity contribution is 6.30. The number of pyridine rings is 1. The Morgan fingerprint density at radius 2 is 1.56 bits per heavy atom. The number of fused-ring (bicyclic) bond motifs is 1. The fourth-order valence-corrected chi connectivity index (χ4v) is 3.73. The van der Waals surface area contributed by atoms with E-state index in [2.05, 4.69) is 4.98 Å². The summed E-state index contributed by atoms with van der Waals surface area (Å²) >= 11 is 5.94. The minimum atomic E-state index is -5.06. The predicted octanol–water partition coefficient (Wildman–Crippen LogP) is 6.47. The van der Waals surface area contributed by atoms with Gasteiger partial charge in [-0.25, -0.2) is 4.98 Å². The first-order valence-electron chi connectivity index (χ1n) is 9.89. The molecule has 0 spiro atoms. The average molecular weight is 501 g/mol. The van der Waals surface area contributed by atoms with E-state index in [1.54, 1.807) is 30.3 Å². The van der Waals surface area contributed by atoms with Crippen LogP contribution in [-0.2, 0) is 18.9 Å². The van der Waals surface area contributed by atoms with E-state index in [1.807, 2.05) is 0 Å². The van der Waals surface area contributed by atoms with Gasteiger partial charge in [0.2, 0.25) is 5.88 Å². The SMILES string of the molecule is O=C(c1cc(C(F)(F)F)cc(C(F)(F)F)c1)N1CCOc2nccc(-c3ccc(Cl)cc3)c2C1. The van der Waals surface area contributed by atoms with Gasteiger partial charge >= 0.3 is 12.4 Å². The molecule has 2 heterocycles. The molecule has 4 nitrogen and oxygen atoms in total. The maximum absolute atomic E-state index is 13.2. The lowest BCUT2D eigenvalue weighted by atomic mass is 10.00. The number of nitrogens with zero attached hydrogens (tertiary/aromatic N) is 2. The molecule has 0 saturated carbocycles. The first-order chi connectivity index (χ1) is 15.9. The highest BCUT2D eigenvalue weighted by Crippen LogP contribution is 2.37. The fraction of sp³-hybridized carbons (Fsp3) is 0.217. The second-order valence-electron chi connectivity index (χ2n) is 7.52. The summed E-state index contributed by atoms with van der Waals surface area (Å²) in [4.78, 5) is 18.4. The van der Waals surface area contributed by atoms with Crippen molar-refractivity contribution in [2.24, 2.45) is 0 Å². The summed E-state index contributed by atoms with van der Waals surface area (Å²) in [7, 11) is 0. The zero-order valence-electron chi connectivity index (χ0n) is 17.2. The van der Waals surface area contributed by atoms with Crippen LogP contribution in [0, 0.1) is 0 Å². The van der Waals surface area contributed by atoms with Crippen LogP contribution >= 0.6 is 11.6 Å². The lowest BCUT2D eigenvalue weighted by molar-refractivity contribution is -0.143. The van der Waals surface area contributed by atoms with Crippen molar-refractivity contribution in [1.29, 1.82) is 0 Å². The van der Waals surface area contributed by atoms with Gasteiger partial charge in [0.15, 0.2) is 0 Å². The van der Waals surface area contributed by atoms with E-state index in [1.165, 1.54) is 6.20 Å². The molecular weight excluding hydrogens is 486 g/mol. The summed E-state index contributed by atoms with van der Waals surface area (Å²) in [5.74, 6) is -0.762. The second kappa shape index (κ2) is 8.83. The number of hydrogen-bond donors (Lipinski definition) is 0. The average Bonchev–Trinajstić information content (AvgIpc) is 3.00. The van der Waals surface area contributed by atoms with Gasteiger partial charge in [0.05, 0.1) is 24.2 Å². The quantitative estimate of drug-likeness (QED) is 0.379. The van der Waals surface area contributed by atoms with Crippen LogP contribution in [0.1, 0.15) is 27.0 Å². The Kier molecular flexibility index (Phi) is 6.20. The van der Waals surface area contributed by atoms with Gasteiger partial charge in [-0.2, -0.15) is 26.3 Å². The Morgan fingerprint density at radius 3 is 2.15 bits per heavy atom. The van der Waals surface area contributed by atoms with Crippen molar-refractivity contribution in [3.63, 3.8) is 0 Å². The number of benzene rings is 2. The molecule has 11 heteroatoms. The van der Waals surface area contributed by atoms with E-state index in [9.17, 15) is 31.1 Å². The van der Waals surface area contributed by atoms with Crippen molar-refractivity contribution in [1.82, 2.24) is 9.88 Å². The van der Waals surface area contributed by atoms with Crippen LogP contribution in [0.2, 0.25) is 5.02 Å². The van der Waals surface area contributed by atoms with Crippen LogP contribution in [-0.4, -0.2) is 28.9 Å². The summed E-state index contributed by atoms with van der Waals surface area (Å²) < 4.78 is 85.1. The van der Waals surface area contributed by atoms with Crippen molar-refractivity contribution in [3.05, 3.63) is 82.0 Å². The maximum atomic E-state index is 13.2. The molecule has 1 aliphatic rings. The Hall–Kier alpha value is -3.27. The minimum Gasteiger partial charge on any atom is -0.476 e. The topological polar surface area (TPSA) is 42.4 Å². The molecular formula is C23H15ClF6N2O2. The molecule has 34 heavy (non-hydrogen) atoms. The van der Waals surface area contributed by atoms with Crippen molar-refractivity contribution in [2.75, 3.05) is 13.2 Å². The van der Waals surface area contributed by atoms with Gasteiger partial charge in [0.25, 0.3) is 5.91 Å². The molecule has 0 radical (unpaired) electrons. The number of hydrogen-bond acceptors (Lipinski definition) is 3. The third kappa shape index (κ3) is 4.96. The minimum absolute atomic E-state index is 0.0137.